The highest BCUT2D eigenvalue weighted by Gasteiger charge is 2.15. The molecule has 0 radical (unpaired) electrons. The lowest BCUT2D eigenvalue weighted by atomic mass is 10.1. The van der Waals surface area contributed by atoms with Crippen molar-refractivity contribution in [3.05, 3.63) is 77.6 Å². The zero-order chi connectivity index (χ0) is 15.1. The molecule has 0 saturated heterocycles. The molecule has 106 valence electrons. The molecule has 4 rings (SSSR count). The second-order valence-electron chi connectivity index (χ2n) is 5.34. The zero-order valence-electron chi connectivity index (χ0n) is 12.0. The number of carbonyl (C=O) groups is 1. The molecule has 3 heteroatoms. The quantitative estimate of drug-likeness (QED) is 0.509. The lowest BCUT2D eigenvalue weighted by molar-refractivity contribution is 0.101. The highest BCUT2D eigenvalue weighted by molar-refractivity contribution is 6.09. The van der Waals surface area contributed by atoms with E-state index in [-0.39, 0.29) is 5.78 Å². The average Bonchev–Trinajstić information content (AvgIpc) is 2.96. The van der Waals surface area contributed by atoms with E-state index >= 15 is 0 Å². The van der Waals surface area contributed by atoms with Crippen molar-refractivity contribution in [3.63, 3.8) is 0 Å². The van der Waals surface area contributed by atoms with Crippen molar-refractivity contribution in [2.24, 2.45) is 0 Å². The summed E-state index contributed by atoms with van der Waals surface area (Å²) in [4.78, 5) is 17.0. The summed E-state index contributed by atoms with van der Waals surface area (Å²) in [7, 11) is 0. The van der Waals surface area contributed by atoms with Crippen LogP contribution in [0.2, 0.25) is 0 Å². The van der Waals surface area contributed by atoms with Crippen molar-refractivity contribution in [2.45, 2.75) is 6.92 Å². The van der Waals surface area contributed by atoms with E-state index < -0.39 is 0 Å². The van der Waals surface area contributed by atoms with Crippen LogP contribution in [0.15, 0.2) is 65.1 Å². The smallest absolute Gasteiger partial charge is 0.228 e. The van der Waals surface area contributed by atoms with Crippen LogP contribution in [-0.4, -0.2) is 10.8 Å². The zero-order valence-corrected chi connectivity index (χ0v) is 12.0. The van der Waals surface area contributed by atoms with Gasteiger partial charge in [-0.05, 0) is 24.6 Å². The standard InChI is InChI=1S/C19H13NO2/c1-12-6-5-9-14-10-15-11-16(22-19(15)20-17(12)14)18(21)13-7-3-2-4-8-13/h2-11H,1H3. The predicted molar refractivity (Wildman–Crippen MR) is 86.1 cm³/mol. The lowest BCUT2D eigenvalue weighted by Gasteiger charge is -1.99. The molecule has 0 amide bonds. The van der Waals surface area contributed by atoms with E-state index in [1.807, 2.05) is 49.4 Å². The molecular formula is C19H13NO2. The SMILES string of the molecule is Cc1cccc2cc3cc(C(=O)c4ccccc4)oc3nc12. The summed E-state index contributed by atoms with van der Waals surface area (Å²) in [5.41, 5.74) is 3.11. The van der Waals surface area contributed by atoms with E-state index in [1.165, 1.54) is 0 Å². The fraction of sp³-hybridized carbons (Fsp3) is 0.0526. The van der Waals surface area contributed by atoms with Gasteiger partial charge in [0.05, 0.1) is 5.52 Å². The van der Waals surface area contributed by atoms with Gasteiger partial charge in [0, 0.05) is 16.3 Å². The molecule has 2 heterocycles. The molecule has 0 aliphatic rings. The van der Waals surface area contributed by atoms with Gasteiger partial charge in [-0.25, -0.2) is 4.98 Å². The number of nitrogens with zero attached hydrogens (tertiary/aromatic N) is 1. The summed E-state index contributed by atoms with van der Waals surface area (Å²) in [5.74, 6) is 0.195. The number of aryl methyl sites for hydroxylation is 1. The first-order chi connectivity index (χ1) is 10.7. The van der Waals surface area contributed by atoms with E-state index in [0.29, 0.717) is 17.0 Å². The highest BCUT2D eigenvalue weighted by atomic mass is 16.4. The third-order valence-electron chi connectivity index (χ3n) is 3.79. The monoisotopic (exact) mass is 287 g/mol. The molecule has 0 aliphatic heterocycles. The molecule has 4 aromatic rings. The van der Waals surface area contributed by atoms with Crippen LogP contribution >= 0.6 is 0 Å². The van der Waals surface area contributed by atoms with Crippen molar-refractivity contribution in [2.75, 3.05) is 0 Å². The summed E-state index contributed by atoms with van der Waals surface area (Å²) < 4.78 is 5.69. The number of aromatic nitrogens is 1. The fourth-order valence-electron chi connectivity index (χ4n) is 2.65. The Morgan fingerprint density at radius 2 is 1.77 bits per heavy atom. The van der Waals surface area contributed by atoms with Gasteiger partial charge in [0.1, 0.15) is 0 Å². The van der Waals surface area contributed by atoms with Crippen LogP contribution in [-0.2, 0) is 0 Å². The summed E-state index contributed by atoms with van der Waals surface area (Å²) in [6.07, 6.45) is 0. The van der Waals surface area contributed by atoms with Crippen molar-refractivity contribution in [3.8, 4) is 0 Å². The van der Waals surface area contributed by atoms with Gasteiger partial charge < -0.3 is 4.42 Å². The second kappa shape index (κ2) is 4.81. The molecule has 0 fully saturated rings. The van der Waals surface area contributed by atoms with Gasteiger partial charge in [-0.3, -0.25) is 4.79 Å². The molecule has 0 aliphatic carbocycles. The Morgan fingerprint density at radius 1 is 0.955 bits per heavy atom. The minimum atomic E-state index is -0.126. The Kier molecular flexibility index (Phi) is 2.79. The normalized spacial score (nSPS) is 11.1. The summed E-state index contributed by atoms with van der Waals surface area (Å²) in [5, 5.41) is 1.89. The van der Waals surface area contributed by atoms with E-state index in [9.17, 15) is 4.79 Å². The van der Waals surface area contributed by atoms with Crippen LogP contribution in [0.5, 0.6) is 0 Å². The van der Waals surface area contributed by atoms with Crippen molar-refractivity contribution < 1.29 is 9.21 Å². The number of para-hydroxylation sites is 1. The van der Waals surface area contributed by atoms with Crippen LogP contribution < -0.4 is 0 Å². The van der Waals surface area contributed by atoms with Gasteiger partial charge in [-0.1, -0.05) is 48.5 Å². The number of ketones is 1. The number of hydrogen-bond donors (Lipinski definition) is 0. The molecule has 2 aromatic carbocycles. The van der Waals surface area contributed by atoms with Crippen LogP contribution in [0.3, 0.4) is 0 Å². The van der Waals surface area contributed by atoms with Gasteiger partial charge in [0.15, 0.2) is 5.76 Å². The second-order valence-corrected chi connectivity index (χ2v) is 5.34. The third kappa shape index (κ3) is 1.99. The third-order valence-corrected chi connectivity index (χ3v) is 3.79. The van der Waals surface area contributed by atoms with Crippen LogP contribution in [0, 0.1) is 6.92 Å². The highest BCUT2D eigenvalue weighted by Crippen LogP contribution is 2.25. The number of furan rings is 1. The Labute approximate surface area is 127 Å². The topological polar surface area (TPSA) is 43.1 Å². The van der Waals surface area contributed by atoms with Crippen molar-refractivity contribution in [1.82, 2.24) is 4.98 Å². The number of carbonyl (C=O) groups excluding carboxylic acids is 1. The minimum absolute atomic E-state index is 0.126. The van der Waals surface area contributed by atoms with Gasteiger partial charge in [0.25, 0.3) is 0 Å². The first kappa shape index (κ1) is 12.8. The number of benzene rings is 2. The molecule has 0 bridgehead atoms. The average molecular weight is 287 g/mol. The molecule has 0 atom stereocenters. The molecule has 3 nitrogen and oxygen atoms in total. The molecule has 0 saturated carbocycles. The van der Waals surface area contributed by atoms with Crippen LogP contribution in [0.1, 0.15) is 21.7 Å². The van der Waals surface area contributed by atoms with Gasteiger partial charge in [0.2, 0.25) is 11.5 Å². The van der Waals surface area contributed by atoms with Crippen LogP contribution in [0.4, 0.5) is 0 Å². The fourth-order valence-corrected chi connectivity index (χ4v) is 2.65. The largest absolute Gasteiger partial charge is 0.434 e. The number of hydrogen-bond acceptors (Lipinski definition) is 3. The van der Waals surface area contributed by atoms with Crippen molar-refractivity contribution in [1.29, 1.82) is 0 Å². The van der Waals surface area contributed by atoms with E-state index in [4.69, 9.17) is 4.42 Å². The van der Waals surface area contributed by atoms with E-state index in [2.05, 4.69) is 4.98 Å². The summed E-state index contributed by atoms with van der Waals surface area (Å²) in [6, 6.07) is 18.9. The molecule has 2 aromatic heterocycles. The van der Waals surface area contributed by atoms with Gasteiger partial charge in [-0.2, -0.15) is 0 Å². The Hall–Kier alpha value is -2.94. The predicted octanol–water partition coefficient (Wildman–Crippen LogP) is 4.52. The number of fused-ring (bicyclic) bond motifs is 2. The Balaban J connectivity index is 1.89. The van der Waals surface area contributed by atoms with Crippen molar-refractivity contribution >= 4 is 27.8 Å². The molecule has 0 unspecified atom stereocenters. The molecule has 22 heavy (non-hydrogen) atoms. The van der Waals surface area contributed by atoms with E-state index in [1.54, 1.807) is 18.2 Å². The molecule has 0 N–H and O–H groups in total. The maximum absolute atomic E-state index is 12.5. The maximum Gasteiger partial charge on any atom is 0.228 e. The van der Waals surface area contributed by atoms with E-state index in [0.717, 1.165) is 21.9 Å². The molecular weight excluding hydrogens is 274 g/mol. The maximum atomic E-state index is 12.5. The summed E-state index contributed by atoms with van der Waals surface area (Å²) >= 11 is 0. The number of rotatable bonds is 2. The Morgan fingerprint density at radius 3 is 2.59 bits per heavy atom. The molecule has 0 spiro atoms. The van der Waals surface area contributed by atoms with Gasteiger partial charge in [-0.15, -0.1) is 0 Å². The summed E-state index contributed by atoms with van der Waals surface area (Å²) in [6.45, 7) is 2.01. The Bertz CT molecular complexity index is 1000. The first-order valence-corrected chi connectivity index (χ1v) is 7.12. The minimum Gasteiger partial charge on any atom is -0.434 e. The van der Waals surface area contributed by atoms with Gasteiger partial charge >= 0.3 is 0 Å². The lowest BCUT2D eigenvalue weighted by Crippen LogP contribution is -1.98. The first-order valence-electron chi connectivity index (χ1n) is 7.12. The van der Waals surface area contributed by atoms with Crippen LogP contribution in [0.25, 0.3) is 22.0 Å². The number of pyridine rings is 1.